The van der Waals surface area contributed by atoms with Crippen LogP contribution in [-0.4, -0.2) is 16.5 Å². The molecule has 1 heterocycles. The van der Waals surface area contributed by atoms with Gasteiger partial charge in [-0.25, -0.2) is 0 Å². The molecular weight excluding hydrogens is 210 g/mol. The standard InChI is InChI=1S/C10H7N3O3/c1-2-5-11-10-12-8-4-3-7(13(14)15)6-9(8)16-10/h1,3-4,6H,5H2,(H,11,12). The zero-order chi connectivity index (χ0) is 11.5. The SMILES string of the molecule is C#CCNc1nc2ccc([N+](=O)[O-])cc2o1. The van der Waals surface area contributed by atoms with Crippen LogP contribution < -0.4 is 5.32 Å². The van der Waals surface area contributed by atoms with Crippen LogP contribution in [0.25, 0.3) is 11.1 Å². The minimum absolute atomic E-state index is 0.0350. The minimum atomic E-state index is -0.490. The second-order valence-electron chi connectivity index (χ2n) is 2.99. The van der Waals surface area contributed by atoms with Crippen molar-refractivity contribution in [2.45, 2.75) is 0 Å². The summed E-state index contributed by atoms with van der Waals surface area (Å²) in [6, 6.07) is 4.48. The summed E-state index contributed by atoms with van der Waals surface area (Å²) < 4.78 is 5.24. The number of nitro benzene ring substituents is 1. The van der Waals surface area contributed by atoms with Gasteiger partial charge in [0.05, 0.1) is 17.5 Å². The highest BCUT2D eigenvalue weighted by molar-refractivity contribution is 5.77. The van der Waals surface area contributed by atoms with Crippen molar-refractivity contribution in [3.05, 3.63) is 28.3 Å². The Kier molecular flexibility index (Phi) is 2.44. The van der Waals surface area contributed by atoms with Gasteiger partial charge in [0.1, 0.15) is 5.52 Å². The Balaban J connectivity index is 2.39. The molecule has 0 amide bonds. The molecule has 2 rings (SSSR count). The Morgan fingerprint density at radius 2 is 2.44 bits per heavy atom. The summed E-state index contributed by atoms with van der Waals surface area (Å²) in [7, 11) is 0. The van der Waals surface area contributed by atoms with Gasteiger partial charge in [0, 0.05) is 6.07 Å². The molecule has 0 aliphatic rings. The molecule has 0 aliphatic heterocycles. The molecule has 6 heteroatoms. The molecule has 16 heavy (non-hydrogen) atoms. The molecule has 0 radical (unpaired) electrons. The van der Waals surface area contributed by atoms with Gasteiger partial charge in [0.15, 0.2) is 5.58 Å². The molecule has 6 nitrogen and oxygen atoms in total. The average molecular weight is 217 g/mol. The summed E-state index contributed by atoms with van der Waals surface area (Å²) in [6.45, 7) is 0.287. The van der Waals surface area contributed by atoms with Crippen molar-refractivity contribution < 1.29 is 9.34 Å². The molecule has 0 saturated heterocycles. The molecule has 2 aromatic rings. The molecule has 0 bridgehead atoms. The van der Waals surface area contributed by atoms with Gasteiger partial charge in [-0.3, -0.25) is 10.1 Å². The number of fused-ring (bicyclic) bond motifs is 1. The summed E-state index contributed by atoms with van der Waals surface area (Å²) >= 11 is 0. The van der Waals surface area contributed by atoms with E-state index in [9.17, 15) is 10.1 Å². The lowest BCUT2D eigenvalue weighted by molar-refractivity contribution is -0.384. The van der Waals surface area contributed by atoms with Crippen LogP contribution in [0.2, 0.25) is 0 Å². The van der Waals surface area contributed by atoms with Gasteiger partial charge < -0.3 is 9.73 Å². The summed E-state index contributed by atoms with van der Waals surface area (Å²) in [5, 5.41) is 13.3. The maximum absolute atomic E-state index is 10.5. The number of oxazole rings is 1. The van der Waals surface area contributed by atoms with Crippen molar-refractivity contribution in [3.63, 3.8) is 0 Å². The van der Waals surface area contributed by atoms with E-state index in [2.05, 4.69) is 16.2 Å². The minimum Gasteiger partial charge on any atom is -0.423 e. The predicted octanol–water partition coefficient (Wildman–Crippen LogP) is 1.78. The second kappa shape index (κ2) is 3.90. The Hall–Kier alpha value is -2.55. The lowest BCUT2D eigenvalue weighted by atomic mass is 10.3. The highest BCUT2D eigenvalue weighted by atomic mass is 16.6. The molecule has 80 valence electrons. The third-order valence-electron chi connectivity index (χ3n) is 1.92. The zero-order valence-corrected chi connectivity index (χ0v) is 8.14. The Morgan fingerprint density at radius 1 is 1.62 bits per heavy atom. The van der Waals surface area contributed by atoms with E-state index in [0.29, 0.717) is 11.1 Å². The predicted molar refractivity (Wildman–Crippen MR) is 58.0 cm³/mol. The van der Waals surface area contributed by atoms with Gasteiger partial charge in [-0.05, 0) is 6.07 Å². The second-order valence-corrected chi connectivity index (χ2v) is 2.99. The van der Waals surface area contributed by atoms with E-state index >= 15 is 0 Å². The van der Waals surface area contributed by atoms with Gasteiger partial charge in [0.2, 0.25) is 0 Å². The maximum Gasteiger partial charge on any atom is 0.296 e. The van der Waals surface area contributed by atoms with Crippen LogP contribution in [0.3, 0.4) is 0 Å². The lowest BCUT2D eigenvalue weighted by Crippen LogP contribution is -1.97. The Morgan fingerprint density at radius 3 is 3.12 bits per heavy atom. The Labute approximate surface area is 90.4 Å². The molecule has 1 aromatic heterocycles. The average Bonchev–Trinajstić information content (AvgIpc) is 2.67. The van der Waals surface area contributed by atoms with Gasteiger partial charge >= 0.3 is 0 Å². The fraction of sp³-hybridized carbons (Fsp3) is 0.100. The molecule has 0 aliphatic carbocycles. The number of nitrogens with zero attached hydrogens (tertiary/aromatic N) is 2. The number of benzene rings is 1. The molecule has 0 fully saturated rings. The highest BCUT2D eigenvalue weighted by Gasteiger charge is 2.10. The van der Waals surface area contributed by atoms with Crippen molar-refractivity contribution >= 4 is 22.8 Å². The number of hydrogen-bond acceptors (Lipinski definition) is 5. The topological polar surface area (TPSA) is 81.2 Å². The number of nitrogens with one attached hydrogen (secondary N) is 1. The third-order valence-corrected chi connectivity index (χ3v) is 1.92. The van der Waals surface area contributed by atoms with E-state index in [1.54, 1.807) is 0 Å². The first-order valence-corrected chi connectivity index (χ1v) is 4.43. The zero-order valence-electron chi connectivity index (χ0n) is 8.14. The number of non-ortho nitro benzene ring substituents is 1. The maximum atomic E-state index is 10.5. The molecule has 0 unspecified atom stereocenters. The van der Waals surface area contributed by atoms with Gasteiger partial charge in [-0.1, -0.05) is 5.92 Å². The monoisotopic (exact) mass is 217 g/mol. The molecule has 0 atom stereocenters. The van der Waals surface area contributed by atoms with Crippen molar-refractivity contribution in [1.82, 2.24) is 4.98 Å². The summed E-state index contributed by atoms with van der Waals surface area (Å²) in [5.41, 5.74) is 0.867. The molecule has 0 saturated carbocycles. The third kappa shape index (κ3) is 1.79. The van der Waals surface area contributed by atoms with Crippen LogP contribution in [0, 0.1) is 22.5 Å². The fourth-order valence-electron chi connectivity index (χ4n) is 1.23. The van der Waals surface area contributed by atoms with Crippen LogP contribution in [0.15, 0.2) is 22.6 Å². The number of hydrogen-bond donors (Lipinski definition) is 1. The van der Waals surface area contributed by atoms with E-state index in [0.717, 1.165) is 0 Å². The first-order valence-electron chi connectivity index (χ1n) is 4.43. The van der Waals surface area contributed by atoms with Crippen LogP contribution in [0.1, 0.15) is 0 Å². The summed E-state index contributed by atoms with van der Waals surface area (Å²) in [5.74, 6) is 2.37. The first kappa shape index (κ1) is 9.98. The first-order chi connectivity index (χ1) is 7.70. The van der Waals surface area contributed by atoms with Crippen LogP contribution in [-0.2, 0) is 0 Å². The molecule has 0 spiro atoms. The lowest BCUT2D eigenvalue weighted by Gasteiger charge is -1.91. The molecule has 1 N–H and O–H groups in total. The summed E-state index contributed by atoms with van der Waals surface area (Å²) in [6.07, 6.45) is 5.06. The van der Waals surface area contributed by atoms with Crippen LogP contribution >= 0.6 is 0 Å². The normalized spacial score (nSPS) is 9.94. The molecular formula is C10H7N3O3. The van der Waals surface area contributed by atoms with E-state index in [1.165, 1.54) is 18.2 Å². The van der Waals surface area contributed by atoms with Crippen LogP contribution in [0.4, 0.5) is 11.7 Å². The number of anilines is 1. The number of rotatable bonds is 3. The van der Waals surface area contributed by atoms with Gasteiger partial charge in [-0.15, -0.1) is 6.42 Å². The van der Waals surface area contributed by atoms with E-state index in [1.807, 2.05) is 0 Å². The summed E-state index contributed by atoms with van der Waals surface area (Å²) in [4.78, 5) is 14.1. The van der Waals surface area contributed by atoms with Crippen molar-refractivity contribution in [3.8, 4) is 12.3 Å². The number of nitro groups is 1. The van der Waals surface area contributed by atoms with E-state index in [4.69, 9.17) is 10.8 Å². The highest BCUT2D eigenvalue weighted by Crippen LogP contribution is 2.23. The number of aromatic nitrogens is 1. The van der Waals surface area contributed by atoms with Crippen molar-refractivity contribution in [2.75, 3.05) is 11.9 Å². The number of terminal acetylenes is 1. The van der Waals surface area contributed by atoms with E-state index < -0.39 is 4.92 Å². The quantitative estimate of drug-likeness (QED) is 0.481. The molecule has 1 aromatic carbocycles. The van der Waals surface area contributed by atoms with Crippen molar-refractivity contribution in [2.24, 2.45) is 0 Å². The van der Waals surface area contributed by atoms with E-state index in [-0.39, 0.29) is 18.2 Å². The van der Waals surface area contributed by atoms with Crippen LogP contribution in [0.5, 0.6) is 0 Å². The fourth-order valence-corrected chi connectivity index (χ4v) is 1.23. The Bertz CT molecular complexity index is 582. The van der Waals surface area contributed by atoms with Gasteiger partial charge in [0.25, 0.3) is 11.7 Å². The van der Waals surface area contributed by atoms with Crippen molar-refractivity contribution in [1.29, 1.82) is 0 Å². The smallest absolute Gasteiger partial charge is 0.296 e. The van der Waals surface area contributed by atoms with Gasteiger partial charge in [-0.2, -0.15) is 4.98 Å². The largest absolute Gasteiger partial charge is 0.423 e.